The molecular weight excluding hydrogens is 198 g/mol. The van der Waals surface area contributed by atoms with Crippen molar-refractivity contribution in [2.24, 2.45) is 5.41 Å². The van der Waals surface area contributed by atoms with Gasteiger partial charge in [0, 0.05) is 30.5 Å². The minimum absolute atomic E-state index is 0.550. The minimum Gasteiger partial charge on any atom is -0.310 e. The molecular formula is C13H21N3. The Balaban J connectivity index is 1.76. The van der Waals surface area contributed by atoms with E-state index in [4.69, 9.17) is 0 Å². The van der Waals surface area contributed by atoms with Gasteiger partial charge in [0.15, 0.2) is 0 Å². The van der Waals surface area contributed by atoms with E-state index in [-0.39, 0.29) is 0 Å². The van der Waals surface area contributed by atoms with Gasteiger partial charge in [0.1, 0.15) is 6.33 Å². The Morgan fingerprint density at radius 1 is 1.25 bits per heavy atom. The lowest BCUT2D eigenvalue weighted by atomic mass is 9.75. The van der Waals surface area contributed by atoms with Crippen molar-refractivity contribution in [3.8, 4) is 0 Å². The SMILES string of the molecule is CC1(C)CCC(NCc2cncnc2)CC1. The first-order valence-electron chi connectivity index (χ1n) is 6.13. The summed E-state index contributed by atoms with van der Waals surface area (Å²) in [5, 5.41) is 3.60. The van der Waals surface area contributed by atoms with Crippen LogP contribution in [0.4, 0.5) is 0 Å². The van der Waals surface area contributed by atoms with E-state index in [9.17, 15) is 0 Å². The molecule has 0 bridgehead atoms. The Bertz CT molecular complexity index is 311. The molecule has 1 saturated carbocycles. The van der Waals surface area contributed by atoms with Crippen LogP contribution in [0.25, 0.3) is 0 Å². The van der Waals surface area contributed by atoms with Crippen molar-refractivity contribution >= 4 is 0 Å². The third-order valence-electron chi connectivity index (χ3n) is 3.55. The third-order valence-corrected chi connectivity index (χ3v) is 3.55. The van der Waals surface area contributed by atoms with E-state index in [1.807, 2.05) is 12.4 Å². The number of aromatic nitrogens is 2. The molecule has 0 aromatic carbocycles. The standard InChI is InChI=1S/C13H21N3/c1-13(2)5-3-12(4-6-13)16-9-11-7-14-10-15-8-11/h7-8,10,12,16H,3-6,9H2,1-2H3. The second-order valence-corrected chi connectivity index (χ2v) is 5.57. The zero-order valence-corrected chi connectivity index (χ0v) is 10.2. The van der Waals surface area contributed by atoms with Gasteiger partial charge in [-0.1, -0.05) is 13.8 Å². The second kappa shape index (κ2) is 4.91. The van der Waals surface area contributed by atoms with Gasteiger partial charge in [0.05, 0.1) is 0 Å². The highest BCUT2D eigenvalue weighted by Crippen LogP contribution is 2.34. The minimum atomic E-state index is 0.550. The van der Waals surface area contributed by atoms with E-state index in [1.165, 1.54) is 31.2 Å². The van der Waals surface area contributed by atoms with E-state index in [0.717, 1.165) is 6.54 Å². The van der Waals surface area contributed by atoms with E-state index in [0.29, 0.717) is 11.5 Å². The molecule has 0 unspecified atom stereocenters. The van der Waals surface area contributed by atoms with Crippen molar-refractivity contribution in [2.45, 2.75) is 52.1 Å². The highest BCUT2D eigenvalue weighted by Gasteiger charge is 2.26. The Morgan fingerprint density at radius 3 is 2.50 bits per heavy atom. The maximum absolute atomic E-state index is 4.02. The molecule has 1 aromatic heterocycles. The highest BCUT2D eigenvalue weighted by atomic mass is 14.9. The van der Waals surface area contributed by atoms with E-state index in [2.05, 4.69) is 29.1 Å². The van der Waals surface area contributed by atoms with Crippen LogP contribution >= 0.6 is 0 Å². The van der Waals surface area contributed by atoms with Crippen LogP contribution in [0, 0.1) is 5.41 Å². The van der Waals surface area contributed by atoms with Crippen LogP contribution in [-0.2, 0) is 6.54 Å². The maximum Gasteiger partial charge on any atom is 0.115 e. The Labute approximate surface area is 97.7 Å². The van der Waals surface area contributed by atoms with Gasteiger partial charge in [-0.05, 0) is 31.1 Å². The van der Waals surface area contributed by atoms with Gasteiger partial charge in [-0.2, -0.15) is 0 Å². The molecule has 0 aliphatic heterocycles. The molecule has 1 aliphatic carbocycles. The van der Waals surface area contributed by atoms with Gasteiger partial charge in [-0.25, -0.2) is 9.97 Å². The summed E-state index contributed by atoms with van der Waals surface area (Å²) in [6.07, 6.45) is 10.6. The van der Waals surface area contributed by atoms with Gasteiger partial charge in [-0.3, -0.25) is 0 Å². The lowest BCUT2D eigenvalue weighted by Crippen LogP contribution is -2.35. The van der Waals surface area contributed by atoms with E-state index in [1.54, 1.807) is 6.33 Å². The summed E-state index contributed by atoms with van der Waals surface area (Å²) < 4.78 is 0. The fourth-order valence-corrected chi connectivity index (χ4v) is 2.29. The van der Waals surface area contributed by atoms with Crippen molar-refractivity contribution in [1.29, 1.82) is 0 Å². The molecule has 3 heteroatoms. The highest BCUT2D eigenvalue weighted by molar-refractivity contribution is 5.02. The van der Waals surface area contributed by atoms with Gasteiger partial charge in [0.2, 0.25) is 0 Å². The van der Waals surface area contributed by atoms with Crippen molar-refractivity contribution < 1.29 is 0 Å². The summed E-state index contributed by atoms with van der Waals surface area (Å²) in [5.41, 5.74) is 1.72. The first-order valence-corrected chi connectivity index (χ1v) is 6.13. The van der Waals surface area contributed by atoms with E-state index >= 15 is 0 Å². The Kier molecular flexibility index (Phi) is 3.54. The number of nitrogens with one attached hydrogen (secondary N) is 1. The zero-order chi connectivity index (χ0) is 11.4. The molecule has 88 valence electrons. The summed E-state index contributed by atoms with van der Waals surface area (Å²) in [6.45, 7) is 5.63. The molecule has 16 heavy (non-hydrogen) atoms. The van der Waals surface area contributed by atoms with Crippen LogP contribution in [0.3, 0.4) is 0 Å². The first-order chi connectivity index (χ1) is 7.66. The van der Waals surface area contributed by atoms with Crippen molar-refractivity contribution in [1.82, 2.24) is 15.3 Å². The molecule has 0 amide bonds. The van der Waals surface area contributed by atoms with Crippen LogP contribution in [-0.4, -0.2) is 16.0 Å². The van der Waals surface area contributed by atoms with Gasteiger partial charge >= 0.3 is 0 Å². The van der Waals surface area contributed by atoms with Crippen LogP contribution in [0.5, 0.6) is 0 Å². The fourth-order valence-electron chi connectivity index (χ4n) is 2.29. The molecule has 1 aromatic rings. The zero-order valence-electron chi connectivity index (χ0n) is 10.2. The quantitative estimate of drug-likeness (QED) is 0.849. The first kappa shape index (κ1) is 11.5. The molecule has 1 fully saturated rings. The Hall–Kier alpha value is -0.960. The summed E-state index contributed by atoms with van der Waals surface area (Å²) in [7, 11) is 0. The molecule has 0 spiro atoms. The molecule has 3 nitrogen and oxygen atoms in total. The van der Waals surface area contributed by atoms with E-state index < -0.39 is 0 Å². The summed E-state index contributed by atoms with van der Waals surface area (Å²) in [4.78, 5) is 8.04. The van der Waals surface area contributed by atoms with Crippen molar-refractivity contribution in [3.05, 3.63) is 24.3 Å². The largest absolute Gasteiger partial charge is 0.310 e. The molecule has 0 saturated heterocycles. The van der Waals surface area contributed by atoms with Crippen LogP contribution < -0.4 is 5.32 Å². The molecule has 0 atom stereocenters. The maximum atomic E-state index is 4.02. The van der Waals surface area contributed by atoms with Crippen LogP contribution in [0.15, 0.2) is 18.7 Å². The molecule has 0 radical (unpaired) electrons. The predicted molar refractivity (Wildman–Crippen MR) is 64.9 cm³/mol. The lowest BCUT2D eigenvalue weighted by molar-refractivity contribution is 0.206. The fraction of sp³-hybridized carbons (Fsp3) is 0.692. The van der Waals surface area contributed by atoms with Crippen molar-refractivity contribution in [2.75, 3.05) is 0 Å². The van der Waals surface area contributed by atoms with Crippen LogP contribution in [0.1, 0.15) is 45.1 Å². The number of rotatable bonds is 3. The topological polar surface area (TPSA) is 37.8 Å². The number of nitrogens with zero attached hydrogens (tertiary/aromatic N) is 2. The normalized spacial score (nSPS) is 20.9. The summed E-state index contributed by atoms with van der Waals surface area (Å²) >= 11 is 0. The predicted octanol–water partition coefficient (Wildman–Crippen LogP) is 2.54. The van der Waals surface area contributed by atoms with Gasteiger partial charge < -0.3 is 5.32 Å². The van der Waals surface area contributed by atoms with Crippen LogP contribution in [0.2, 0.25) is 0 Å². The van der Waals surface area contributed by atoms with Gasteiger partial charge in [0.25, 0.3) is 0 Å². The average Bonchev–Trinajstić information content (AvgIpc) is 2.29. The summed E-state index contributed by atoms with van der Waals surface area (Å²) in [5.74, 6) is 0. The lowest BCUT2D eigenvalue weighted by Gasteiger charge is -2.34. The molecule has 2 rings (SSSR count). The molecule has 1 aliphatic rings. The third kappa shape index (κ3) is 3.27. The average molecular weight is 219 g/mol. The number of hydrogen-bond acceptors (Lipinski definition) is 3. The molecule has 1 heterocycles. The van der Waals surface area contributed by atoms with Gasteiger partial charge in [-0.15, -0.1) is 0 Å². The molecule has 1 N–H and O–H groups in total. The van der Waals surface area contributed by atoms with Crippen molar-refractivity contribution in [3.63, 3.8) is 0 Å². The second-order valence-electron chi connectivity index (χ2n) is 5.57. The summed E-state index contributed by atoms with van der Waals surface area (Å²) in [6, 6.07) is 0.674. The monoisotopic (exact) mass is 219 g/mol. The Morgan fingerprint density at radius 2 is 1.88 bits per heavy atom. The smallest absolute Gasteiger partial charge is 0.115 e. The number of hydrogen-bond donors (Lipinski definition) is 1.